The van der Waals surface area contributed by atoms with E-state index in [4.69, 9.17) is 0 Å². The van der Waals surface area contributed by atoms with Gasteiger partial charge in [0.05, 0.1) is 22.1 Å². The van der Waals surface area contributed by atoms with Crippen LogP contribution in [0.2, 0.25) is 0 Å². The highest BCUT2D eigenvalue weighted by molar-refractivity contribution is 8.00. The number of thiazole rings is 1. The third-order valence-electron chi connectivity index (χ3n) is 5.96. The normalized spacial score (nSPS) is 24.0. The van der Waals surface area contributed by atoms with E-state index in [0.29, 0.717) is 11.4 Å². The molecule has 3 aromatic rings. The molecular formula is C23H19FN2O3S2. The van der Waals surface area contributed by atoms with Crippen LogP contribution in [-0.2, 0) is 15.3 Å². The van der Waals surface area contributed by atoms with E-state index < -0.39 is 17.8 Å². The fourth-order valence-electron chi connectivity index (χ4n) is 4.51. The van der Waals surface area contributed by atoms with Gasteiger partial charge in [-0.3, -0.25) is 9.59 Å². The van der Waals surface area contributed by atoms with Crippen LogP contribution in [-0.4, -0.2) is 22.0 Å². The second-order valence-electron chi connectivity index (χ2n) is 7.90. The number of benzene rings is 2. The molecule has 1 saturated carbocycles. The highest BCUT2D eigenvalue weighted by Gasteiger charge is 2.51. The number of carbonyl (C=O) groups is 2. The zero-order valence-electron chi connectivity index (χ0n) is 16.3. The van der Waals surface area contributed by atoms with Gasteiger partial charge in [0.15, 0.2) is 4.34 Å². The molecule has 5 rings (SSSR count). The lowest BCUT2D eigenvalue weighted by atomic mass is 9.82. The number of hydrogen-bond donors (Lipinski definition) is 2. The van der Waals surface area contributed by atoms with Gasteiger partial charge in [-0.15, -0.1) is 11.3 Å². The fourth-order valence-corrected chi connectivity index (χ4v) is 6.57. The van der Waals surface area contributed by atoms with Crippen molar-refractivity contribution >= 4 is 50.9 Å². The summed E-state index contributed by atoms with van der Waals surface area (Å²) >= 11 is 3.11. The number of nitrogens with one attached hydrogen (secondary N) is 1. The molecule has 31 heavy (non-hydrogen) atoms. The van der Waals surface area contributed by atoms with E-state index in [1.807, 2.05) is 24.3 Å². The number of allylic oxidation sites excluding steroid dienone is 2. The quantitative estimate of drug-likeness (QED) is 0.396. The molecule has 158 valence electrons. The predicted molar refractivity (Wildman–Crippen MR) is 120 cm³/mol. The average molecular weight is 455 g/mol. The Kier molecular flexibility index (Phi) is 5.27. The monoisotopic (exact) mass is 454 g/mol. The van der Waals surface area contributed by atoms with Crippen LogP contribution in [0.4, 0.5) is 10.1 Å². The molecule has 1 heterocycles. The average Bonchev–Trinajstić information content (AvgIpc) is 3.47. The molecule has 0 unspecified atom stereocenters. The van der Waals surface area contributed by atoms with E-state index in [2.05, 4.69) is 10.3 Å². The van der Waals surface area contributed by atoms with Crippen molar-refractivity contribution in [3.05, 3.63) is 66.0 Å². The second-order valence-corrected chi connectivity index (χ2v) is 10.2. The van der Waals surface area contributed by atoms with Gasteiger partial charge in [-0.05, 0) is 54.2 Å². The number of aromatic nitrogens is 1. The standard InChI is InChI=1S/C23H19FN2O3S2/c24-15-5-1-12(2-6-15)11-30-23-26-17-8-7-16(10-18(17)31-23)25-21(27)19-13-3-4-14(9-13)20(19)22(28)29/h1-8,10,13-14,19-20H,9,11H2,(H,25,27)(H,28,29)/t13-,14-,19-,20+/m0/s1. The number of carboxylic acid groups (broad SMARTS) is 1. The van der Waals surface area contributed by atoms with Gasteiger partial charge in [-0.1, -0.05) is 36.0 Å². The minimum Gasteiger partial charge on any atom is -0.481 e. The molecule has 5 nitrogen and oxygen atoms in total. The van der Waals surface area contributed by atoms with Gasteiger partial charge < -0.3 is 10.4 Å². The Hall–Kier alpha value is -2.71. The van der Waals surface area contributed by atoms with E-state index in [9.17, 15) is 19.1 Å². The number of nitrogens with zero attached hydrogens (tertiary/aromatic N) is 1. The minimum atomic E-state index is -0.905. The van der Waals surface area contributed by atoms with Crippen LogP contribution >= 0.6 is 23.1 Å². The zero-order valence-corrected chi connectivity index (χ0v) is 18.0. The van der Waals surface area contributed by atoms with Gasteiger partial charge in [-0.25, -0.2) is 9.37 Å². The first-order chi connectivity index (χ1) is 15.0. The van der Waals surface area contributed by atoms with E-state index in [1.54, 1.807) is 30.0 Å². The Morgan fingerprint density at radius 3 is 2.61 bits per heavy atom. The van der Waals surface area contributed by atoms with Crippen molar-refractivity contribution in [1.29, 1.82) is 0 Å². The zero-order chi connectivity index (χ0) is 21.5. The Labute approximate surface area is 186 Å². The summed E-state index contributed by atoms with van der Waals surface area (Å²) in [5, 5.41) is 12.5. The van der Waals surface area contributed by atoms with Gasteiger partial charge in [0, 0.05) is 11.4 Å². The highest BCUT2D eigenvalue weighted by Crippen LogP contribution is 2.48. The lowest BCUT2D eigenvalue weighted by molar-refractivity contribution is -0.146. The molecule has 1 amide bonds. The SMILES string of the molecule is O=C(Nc1ccc2nc(SCc3ccc(F)cc3)sc2c1)[C@@H]1[C@H](C(=O)O)[C@H]2C=C[C@H]1C2. The third-order valence-corrected chi connectivity index (χ3v) is 8.19. The summed E-state index contributed by atoms with van der Waals surface area (Å²) in [5.74, 6) is -1.95. The first kappa shape index (κ1) is 20.2. The van der Waals surface area contributed by atoms with E-state index in [1.165, 1.54) is 23.5 Å². The number of amides is 1. The molecule has 0 radical (unpaired) electrons. The van der Waals surface area contributed by atoms with Crippen LogP contribution < -0.4 is 5.32 Å². The van der Waals surface area contributed by atoms with Crippen molar-refractivity contribution in [2.24, 2.45) is 23.7 Å². The molecule has 0 saturated heterocycles. The maximum absolute atomic E-state index is 13.0. The molecule has 1 aromatic heterocycles. The Morgan fingerprint density at radius 1 is 1.13 bits per heavy atom. The Balaban J connectivity index is 1.29. The number of hydrogen-bond acceptors (Lipinski definition) is 5. The number of aliphatic carboxylic acids is 1. The molecule has 2 bridgehead atoms. The van der Waals surface area contributed by atoms with Crippen LogP contribution in [0.1, 0.15) is 12.0 Å². The van der Waals surface area contributed by atoms with Gasteiger partial charge in [-0.2, -0.15) is 0 Å². The van der Waals surface area contributed by atoms with Crippen molar-refractivity contribution in [1.82, 2.24) is 4.98 Å². The smallest absolute Gasteiger partial charge is 0.307 e. The van der Waals surface area contributed by atoms with Crippen molar-refractivity contribution in [2.75, 3.05) is 5.32 Å². The molecule has 1 fully saturated rings. The number of fused-ring (bicyclic) bond motifs is 3. The lowest BCUT2D eigenvalue weighted by Crippen LogP contribution is -2.36. The van der Waals surface area contributed by atoms with Crippen LogP contribution in [0.15, 0.2) is 59.0 Å². The summed E-state index contributed by atoms with van der Waals surface area (Å²) < 4.78 is 14.9. The van der Waals surface area contributed by atoms with E-state index in [0.717, 1.165) is 26.5 Å². The van der Waals surface area contributed by atoms with Crippen molar-refractivity contribution in [2.45, 2.75) is 16.5 Å². The van der Waals surface area contributed by atoms with Crippen molar-refractivity contribution in [3.63, 3.8) is 0 Å². The molecule has 2 aliphatic rings. The molecule has 4 atom stereocenters. The third kappa shape index (κ3) is 3.97. The van der Waals surface area contributed by atoms with Gasteiger partial charge in [0.25, 0.3) is 0 Å². The molecule has 2 aliphatic carbocycles. The number of carboxylic acids is 1. The van der Waals surface area contributed by atoms with Crippen LogP contribution in [0.3, 0.4) is 0 Å². The van der Waals surface area contributed by atoms with Crippen LogP contribution in [0, 0.1) is 29.5 Å². The Morgan fingerprint density at radius 2 is 1.87 bits per heavy atom. The predicted octanol–water partition coefficient (Wildman–Crippen LogP) is 5.19. The number of halogens is 1. The maximum Gasteiger partial charge on any atom is 0.307 e. The molecule has 0 aliphatic heterocycles. The van der Waals surface area contributed by atoms with E-state index >= 15 is 0 Å². The molecule has 0 spiro atoms. The summed E-state index contributed by atoms with van der Waals surface area (Å²) in [6.07, 6.45) is 4.64. The summed E-state index contributed by atoms with van der Waals surface area (Å²) in [7, 11) is 0. The number of thioether (sulfide) groups is 1. The number of rotatable bonds is 6. The molecule has 8 heteroatoms. The first-order valence-electron chi connectivity index (χ1n) is 9.98. The molecule has 2 N–H and O–H groups in total. The second kappa shape index (κ2) is 8.09. The molecule has 2 aromatic carbocycles. The van der Waals surface area contributed by atoms with E-state index in [-0.39, 0.29) is 23.6 Å². The largest absolute Gasteiger partial charge is 0.481 e. The van der Waals surface area contributed by atoms with Gasteiger partial charge in [0.1, 0.15) is 5.82 Å². The number of carbonyl (C=O) groups excluding carboxylic acids is 1. The van der Waals surface area contributed by atoms with Crippen molar-refractivity contribution < 1.29 is 19.1 Å². The van der Waals surface area contributed by atoms with Crippen LogP contribution in [0.5, 0.6) is 0 Å². The topological polar surface area (TPSA) is 79.3 Å². The summed E-state index contributed by atoms with van der Waals surface area (Å²) in [5.41, 5.74) is 2.51. The highest BCUT2D eigenvalue weighted by atomic mass is 32.2. The van der Waals surface area contributed by atoms with Crippen molar-refractivity contribution in [3.8, 4) is 0 Å². The summed E-state index contributed by atoms with van der Waals surface area (Å²) in [6, 6.07) is 12.0. The fraction of sp³-hybridized carbons (Fsp3) is 0.261. The van der Waals surface area contributed by atoms with Crippen LogP contribution in [0.25, 0.3) is 10.2 Å². The first-order valence-corrected chi connectivity index (χ1v) is 11.8. The minimum absolute atomic E-state index is 0.00676. The molecular weight excluding hydrogens is 435 g/mol. The van der Waals surface area contributed by atoms with Gasteiger partial charge >= 0.3 is 5.97 Å². The van der Waals surface area contributed by atoms with Gasteiger partial charge in [0.2, 0.25) is 5.91 Å². The Bertz CT molecular complexity index is 1190. The summed E-state index contributed by atoms with van der Waals surface area (Å²) in [6.45, 7) is 0. The number of anilines is 1. The lowest BCUT2D eigenvalue weighted by Gasteiger charge is -2.23. The maximum atomic E-state index is 13.0. The summed E-state index contributed by atoms with van der Waals surface area (Å²) in [4.78, 5) is 29.2.